The minimum absolute atomic E-state index is 0.193. The van der Waals surface area contributed by atoms with Crippen molar-refractivity contribution < 1.29 is 4.79 Å². The minimum atomic E-state index is -0.357. The molecule has 0 unspecified atom stereocenters. The van der Waals surface area contributed by atoms with E-state index >= 15 is 0 Å². The number of nitrogens with two attached hydrogens (primary N) is 1. The van der Waals surface area contributed by atoms with Crippen molar-refractivity contribution in [3.05, 3.63) is 18.0 Å². The smallest absolute Gasteiger partial charge is 0.231 e. The van der Waals surface area contributed by atoms with E-state index in [2.05, 4.69) is 15.5 Å². The number of hydrogen-bond acceptors (Lipinski definition) is 3. The topological polar surface area (TPSA) is 83.8 Å². The lowest BCUT2D eigenvalue weighted by Crippen LogP contribution is -2.28. The van der Waals surface area contributed by atoms with Crippen molar-refractivity contribution in [2.75, 3.05) is 6.54 Å². The largest absolute Gasteiger partial charge is 0.369 e. The molecule has 0 radical (unpaired) electrons. The number of hydrogen-bond donors (Lipinski definition) is 3. The summed E-state index contributed by atoms with van der Waals surface area (Å²) in [6.07, 6.45) is 1.65. The molecule has 0 aliphatic heterocycles. The van der Waals surface area contributed by atoms with Gasteiger partial charge in [-0.15, -0.1) is 0 Å². The molecule has 0 saturated heterocycles. The van der Waals surface area contributed by atoms with E-state index in [1.54, 1.807) is 6.20 Å². The van der Waals surface area contributed by atoms with Gasteiger partial charge in [0.15, 0.2) is 0 Å². The van der Waals surface area contributed by atoms with E-state index in [4.69, 9.17) is 5.73 Å². The molecule has 1 aromatic heterocycles. The zero-order valence-electron chi connectivity index (χ0n) is 6.00. The van der Waals surface area contributed by atoms with Crippen LogP contribution in [0.2, 0.25) is 0 Å². The number of nitrogens with zero attached hydrogens (tertiary/aromatic N) is 1. The Morgan fingerprint density at radius 2 is 2.64 bits per heavy atom. The van der Waals surface area contributed by atoms with Gasteiger partial charge in [-0.1, -0.05) is 0 Å². The van der Waals surface area contributed by atoms with Crippen molar-refractivity contribution >= 4 is 5.91 Å². The molecule has 0 spiro atoms. The fourth-order valence-corrected chi connectivity index (χ4v) is 0.704. The highest BCUT2D eigenvalue weighted by atomic mass is 16.1. The summed E-state index contributed by atoms with van der Waals surface area (Å²) in [6.45, 7) is 0.780. The van der Waals surface area contributed by atoms with Crippen molar-refractivity contribution in [1.82, 2.24) is 15.5 Å². The number of aromatic nitrogens is 2. The van der Waals surface area contributed by atoms with Crippen LogP contribution in [0.15, 0.2) is 12.3 Å². The summed E-state index contributed by atoms with van der Waals surface area (Å²) >= 11 is 0. The monoisotopic (exact) mass is 154 g/mol. The molecule has 0 aromatic carbocycles. The van der Waals surface area contributed by atoms with E-state index < -0.39 is 0 Å². The highest BCUT2D eigenvalue weighted by Crippen LogP contribution is 1.88. The summed E-state index contributed by atoms with van der Waals surface area (Å²) < 4.78 is 0. The summed E-state index contributed by atoms with van der Waals surface area (Å²) in [7, 11) is 0. The number of carbonyl (C=O) groups is 1. The maximum atomic E-state index is 10.3. The van der Waals surface area contributed by atoms with E-state index in [0.29, 0.717) is 6.54 Å². The summed E-state index contributed by atoms with van der Waals surface area (Å²) in [6, 6.07) is 1.83. The summed E-state index contributed by atoms with van der Waals surface area (Å²) in [4.78, 5) is 10.3. The van der Waals surface area contributed by atoms with Crippen LogP contribution in [0.1, 0.15) is 5.69 Å². The predicted molar refractivity (Wildman–Crippen MR) is 39.5 cm³/mol. The first-order chi connectivity index (χ1) is 5.29. The normalized spacial score (nSPS) is 9.82. The van der Waals surface area contributed by atoms with Crippen molar-refractivity contribution in [1.29, 1.82) is 0 Å². The standard InChI is InChI=1S/C6H10N4O/c7-6(11)4-8-3-5-1-2-9-10-5/h1-2,8H,3-4H2,(H2,7,11)(H,9,10). The molecule has 1 aromatic rings. The van der Waals surface area contributed by atoms with E-state index in [1.807, 2.05) is 6.07 Å². The van der Waals surface area contributed by atoms with Crippen LogP contribution in [0.3, 0.4) is 0 Å². The molecule has 0 saturated carbocycles. The number of carbonyl (C=O) groups excluding carboxylic acids is 1. The van der Waals surface area contributed by atoms with Crippen molar-refractivity contribution in [3.8, 4) is 0 Å². The first kappa shape index (κ1) is 7.74. The molecular formula is C6H10N4O. The Kier molecular flexibility index (Phi) is 2.62. The van der Waals surface area contributed by atoms with E-state index in [1.165, 1.54) is 0 Å². The first-order valence-electron chi connectivity index (χ1n) is 3.26. The lowest BCUT2D eigenvalue weighted by atomic mass is 10.4. The lowest BCUT2D eigenvalue weighted by Gasteiger charge is -1.97. The van der Waals surface area contributed by atoms with Gasteiger partial charge >= 0.3 is 0 Å². The van der Waals surface area contributed by atoms with Crippen LogP contribution in [0.25, 0.3) is 0 Å². The van der Waals surface area contributed by atoms with Crippen LogP contribution in [0, 0.1) is 0 Å². The van der Waals surface area contributed by atoms with E-state index in [-0.39, 0.29) is 12.5 Å². The molecule has 0 fully saturated rings. The molecule has 5 nitrogen and oxygen atoms in total. The van der Waals surface area contributed by atoms with Gasteiger partial charge in [-0.2, -0.15) is 5.10 Å². The zero-order valence-corrected chi connectivity index (χ0v) is 6.00. The molecule has 0 aliphatic rings. The van der Waals surface area contributed by atoms with Gasteiger partial charge in [0, 0.05) is 18.4 Å². The van der Waals surface area contributed by atoms with Gasteiger partial charge in [0.25, 0.3) is 0 Å². The quantitative estimate of drug-likeness (QED) is 0.519. The molecule has 5 heteroatoms. The molecule has 4 N–H and O–H groups in total. The third-order valence-corrected chi connectivity index (χ3v) is 1.17. The highest BCUT2D eigenvalue weighted by Gasteiger charge is 1.94. The molecule has 0 aliphatic carbocycles. The van der Waals surface area contributed by atoms with Gasteiger partial charge in [0.05, 0.1) is 6.54 Å². The number of nitrogens with one attached hydrogen (secondary N) is 2. The molecule has 1 rings (SSSR count). The minimum Gasteiger partial charge on any atom is -0.369 e. The Balaban J connectivity index is 2.19. The fourth-order valence-electron chi connectivity index (χ4n) is 0.704. The second kappa shape index (κ2) is 3.72. The number of aromatic amines is 1. The first-order valence-corrected chi connectivity index (χ1v) is 3.26. The van der Waals surface area contributed by atoms with E-state index in [0.717, 1.165) is 5.69 Å². The average Bonchev–Trinajstić information content (AvgIpc) is 2.39. The van der Waals surface area contributed by atoms with Crippen LogP contribution in [-0.4, -0.2) is 22.6 Å². The van der Waals surface area contributed by atoms with Crippen LogP contribution in [0.4, 0.5) is 0 Å². The third kappa shape index (κ3) is 2.81. The summed E-state index contributed by atoms with van der Waals surface area (Å²) in [5.74, 6) is -0.357. The maximum Gasteiger partial charge on any atom is 0.231 e. The SMILES string of the molecule is NC(=O)CNCc1ccn[nH]1. The van der Waals surface area contributed by atoms with Crippen LogP contribution in [-0.2, 0) is 11.3 Å². The number of H-pyrrole nitrogens is 1. The highest BCUT2D eigenvalue weighted by molar-refractivity contribution is 5.75. The van der Waals surface area contributed by atoms with Crippen molar-refractivity contribution in [2.24, 2.45) is 5.73 Å². The van der Waals surface area contributed by atoms with Crippen LogP contribution < -0.4 is 11.1 Å². The lowest BCUT2D eigenvalue weighted by molar-refractivity contribution is -0.117. The predicted octanol–water partition coefficient (Wildman–Crippen LogP) is -1.02. The molecular weight excluding hydrogens is 144 g/mol. The maximum absolute atomic E-state index is 10.3. The Morgan fingerprint density at radius 1 is 1.82 bits per heavy atom. The van der Waals surface area contributed by atoms with Crippen molar-refractivity contribution in [3.63, 3.8) is 0 Å². The molecule has 0 bridgehead atoms. The summed E-state index contributed by atoms with van der Waals surface area (Å²) in [5, 5.41) is 9.33. The zero-order chi connectivity index (χ0) is 8.10. The van der Waals surface area contributed by atoms with Crippen LogP contribution in [0.5, 0.6) is 0 Å². The van der Waals surface area contributed by atoms with Gasteiger partial charge in [-0.25, -0.2) is 0 Å². The number of amides is 1. The Hall–Kier alpha value is -1.36. The van der Waals surface area contributed by atoms with Gasteiger partial charge in [0.2, 0.25) is 5.91 Å². The van der Waals surface area contributed by atoms with E-state index in [9.17, 15) is 4.79 Å². The third-order valence-electron chi connectivity index (χ3n) is 1.17. The Morgan fingerprint density at radius 3 is 3.18 bits per heavy atom. The van der Waals surface area contributed by atoms with Gasteiger partial charge < -0.3 is 11.1 Å². The second-order valence-electron chi connectivity index (χ2n) is 2.15. The molecule has 1 amide bonds. The molecule has 60 valence electrons. The molecule has 0 atom stereocenters. The number of rotatable bonds is 4. The van der Waals surface area contributed by atoms with Gasteiger partial charge in [0.1, 0.15) is 0 Å². The molecule has 11 heavy (non-hydrogen) atoms. The number of primary amides is 1. The van der Waals surface area contributed by atoms with Gasteiger partial charge in [-0.05, 0) is 6.07 Å². The Labute approximate surface area is 64.0 Å². The molecule has 1 heterocycles. The Bertz CT molecular complexity index is 218. The average molecular weight is 154 g/mol. The second-order valence-corrected chi connectivity index (χ2v) is 2.15. The fraction of sp³-hybridized carbons (Fsp3) is 0.333. The van der Waals surface area contributed by atoms with Crippen molar-refractivity contribution in [2.45, 2.75) is 6.54 Å². The van der Waals surface area contributed by atoms with Gasteiger partial charge in [-0.3, -0.25) is 9.89 Å². The van der Waals surface area contributed by atoms with Crippen LogP contribution >= 0.6 is 0 Å². The summed E-state index contributed by atoms with van der Waals surface area (Å²) in [5.41, 5.74) is 5.84.